The number of nitrogens with zero attached hydrogens (tertiary/aromatic N) is 1. The first kappa shape index (κ1) is 17.4. The van der Waals surface area contributed by atoms with Crippen LogP contribution in [0.4, 0.5) is 0 Å². The molecule has 2 amide bonds. The Morgan fingerprint density at radius 2 is 1.45 bits per heavy atom. The van der Waals surface area contributed by atoms with Crippen molar-refractivity contribution in [3.05, 3.63) is 102 Å². The van der Waals surface area contributed by atoms with E-state index >= 15 is 0 Å². The molecule has 0 spiro atoms. The minimum Gasteiger partial charge on any atom is -0.337 e. The minimum atomic E-state index is -0.697. The van der Waals surface area contributed by atoms with Crippen LogP contribution in [0, 0.1) is 0 Å². The zero-order valence-corrected chi connectivity index (χ0v) is 16.0. The maximum absolute atomic E-state index is 13.1. The largest absolute Gasteiger partial charge is 0.337 e. The summed E-state index contributed by atoms with van der Waals surface area (Å²) in [4.78, 5) is 27.5. The van der Waals surface area contributed by atoms with Crippen molar-refractivity contribution in [3.63, 3.8) is 0 Å². The quantitative estimate of drug-likeness (QED) is 0.729. The van der Waals surface area contributed by atoms with E-state index in [2.05, 4.69) is 29.6 Å². The summed E-state index contributed by atoms with van der Waals surface area (Å²) in [5.74, 6) is -0.366. The molecule has 3 aromatic carbocycles. The third-order valence-electron chi connectivity index (χ3n) is 5.75. The average molecular weight is 380 g/mol. The number of benzene rings is 3. The topological polar surface area (TPSA) is 49.4 Å². The van der Waals surface area contributed by atoms with E-state index in [1.165, 1.54) is 0 Å². The van der Waals surface area contributed by atoms with Gasteiger partial charge in [0.05, 0.1) is 6.04 Å². The van der Waals surface area contributed by atoms with Crippen molar-refractivity contribution in [1.82, 2.24) is 10.2 Å². The number of likely N-dealkylation sites (N-methyl/N-ethyl adjacent to an activating group) is 1. The van der Waals surface area contributed by atoms with Crippen LogP contribution < -0.4 is 5.32 Å². The highest BCUT2D eigenvalue weighted by Crippen LogP contribution is 2.49. The molecule has 0 saturated heterocycles. The van der Waals surface area contributed by atoms with E-state index in [1.807, 2.05) is 55.6 Å². The molecule has 0 aromatic heterocycles. The second-order valence-corrected chi connectivity index (χ2v) is 7.42. The van der Waals surface area contributed by atoms with Gasteiger partial charge >= 0.3 is 0 Å². The smallest absolute Gasteiger partial charge is 0.252 e. The van der Waals surface area contributed by atoms with Crippen molar-refractivity contribution in [2.45, 2.75) is 12.1 Å². The molecule has 0 radical (unpaired) electrons. The van der Waals surface area contributed by atoms with E-state index in [9.17, 15) is 9.59 Å². The zero-order chi connectivity index (χ0) is 20.0. The summed E-state index contributed by atoms with van der Waals surface area (Å²) in [6, 6.07) is 24.6. The molecule has 4 heteroatoms. The molecule has 3 aromatic rings. The number of hydrogen-bond acceptors (Lipinski definition) is 2. The van der Waals surface area contributed by atoms with Crippen molar-refractivity contribution in [2.24, 2.45) is 0 Å². The average Bonchev–Trinajstić information content (AvgIpc) is 2.77. The van der Waals surface area contributed by atoms with E-state index in [4.69, 9.17) is 0 Å². The Bertz CT molecular complexity index is 1150. The molecule has 5 rings (SSSR count). The van der Waals surface area contributed by atoms with Crippen LogP contribution in [-0.2, 0) is 4.79 Å². The summed E-state index contributed by atoms with van der Waals surface area (Å²) in [7, 11) is 1.81. The number of rotatable bonds is 2. The number of hydrogen-bond donors (Lipinski definition) is 1. The van der Waals surface area contributed by atoms with E-state index in [1.54, 1.807) is 17.0 Å². The van der Waals surface area contributed by atoms with Gasteiger partial charge in [-0.05, 0) is 46.0 Å². The summed E-state index contributed by atoms with van der Waals surface area (Å²) in [5.41, 5.74) is 6.12. The van der Waals surface area contributed by atoms with Gasteiger partial charge in [0.1, 0.15) is 6.04 Å². The third kappa shape index (κ3) is 2.76. The fourth-order valence-electron chi connectivity index (χ4n) is 4.38. The van der Waals surface area contributed by atoms with Crippen LogP contribution in [0.15, 0.2) is 84.9 Å². The summed E-state index contributed by atoms with van der Waals surface area (Å²) >= 11 is 0. The molecule has 1 heterocycles. The zero-order valence-electron chi connectivity index (χ0n) is 16.0. The fourth-order valence-corrected chi connectivity index (χ4v) is 4.38. The minimum absolute atomic E-state index is 0.114. The van der Waals surface area contributed by atoms with Gasteiger partial charge in [0.15, 0.2) is 0 Å². The predicted molar refractivity (Wildman–Crippen MR) is 113 cm³/mol. The summed E-state index contributed by atoms with van der Waals surface area (Å²) in [5, 5.41) is 2.90. The Morgan fingerprint density at radius 1 is 0.828 bits per heavy atom. The Kier molecular flexibility index (Phi) is 4.06. The van der Waals surface area contributed by atoms with Gasteiger partial charge in [-0.15, -0.1) is 0 Å². The van der Waals surface area contributed by atoms with Gasteiger partial charge in [-0.3, -0.25) is 9.59 Å². The van der Waals surface area contributed by atoms with Crippen molar-refractivity contribution in [3.8, 4) is 11.1 Å². The summed E-state index contributed by atoms with van der Waals surface area (Å²) < 4.78 is 0. The molecule has 0 fully saturated rings. The second-order valence-electron chi connectivity index (χ2n) is 7.42. The van der Waals surface area contributed by atoms with Gasteiger partial charge < -0.3 is 10.2 Å². The molecular weight excluding hydrogens is 360 g/mol. The van der Waals surface area contributed by atoms with Gasteiger partial charge in [-0.2, -0.15) is 0 Å². The van der Waals surface area contributed by atoms with Crippen LogP contribution in [-0.4, -0.2) is 29.8 Å². The van der Waals surface area contributed by atoms with Gasteiger partial charge in [-0.25, -0.2) is 0 Å². The molecular formula is C25H20N2O2. The van der Waals surface area contributed by atoms with Gasteiger partial charge in [0.25, 0.3) is 5.91 Å². The standard InChI is InChI=1S/C25H20N2O2/c1-27-23-20-14-8-7-12-18(20)17-11-5-6-13-19(17)21(23)15-22(25(27)29)26-24(28)16-9-3-2-4-10-16/h2-15,22-23H,1H3,(H,26,28)/t22-,23-/m1/s1. The first-order chi connectivity index (χ1) is 14.1. The fraction of sp³-hybridized carbons (Fsp3) is 0.120. The maximum Gasteiger partial charge on any atom is 0.252 e. The first-order valence-electron chi connectivity index (χ1n) is 9.68. The number of carbonyl (C=O) groups excluding carboxylic acids is 2. The number of carbonyl (C=O) groups is 2. The van der Waals surface area contributed by atoms with Crippen LogP contribution in [0.5, 0.6) is 0 Å². The molecule has 1 aliphatic heterocycles. The van der Waals surface area contributed by atoms with E-state index < -0.39 is 6.04 Å². The lowest BCUT2D eigenvalue weighted by Gasteiger charge is -2.41. The lowest BCUT2D eigenvalue weighted by Crippen LogP contribution is -2.51. The van der Waals surface area contributed by atoms with Crippen molar-refractivity contribution in [1.29, 1.82) is 0 Å². The van der Waals surface area contributed by atoms with Crippen LogP contribution in [0.1, 0.15) is 27.5 Å². The van der Waals surface area contributed by atoms with Crippen LogP contribution in [0.3, 0.4) is 0 Å². The molecule has 2 atom stereocenters. The molecule has 0 unspecified atom stereocenters. The van der Waals surface area contributed by atoms with Gasteiger partial charge in [-0.1, -0.05) is 66.7 Å². The summed E-state index contributed by atoms with van der Waals surface area (Å²) in [6.45, 7) is 0. The van der Waals surface area contributed by atoms with Crippen molar-refractivity contribution < 1.29 is 9.59 Å². The monoisotopic (exact) mass is 380 g/mol. The number of fused-ring (bicyclic) bond motifs is 6. The van der Waals surface area contributed by atoms with E-state index in [0.29, 0.717) is 5.56 Å². The SMILES string of the molecule is CN1C(=O)[C@H](NC(=O)c2ccccc2)C=C2c3ccccc3-c3ccccc3[C@H]21. The molecule has 0 bridgehead atoms. The molecule has 1 aliphatic carbocycles. The molecule has 142 valence electrons. The van der Waals surface area contributed by atoms with Crippen LogP contribution >= 0.6 is 0 Å². The van der Waals surface area contributed by atoms with E-state index in [-0.39, 0.29) is 17.9 Å². The highest BCUT2D eigenvalue weighted by molar-refractivity contribution is 6.02. The number of nitrogens with one attached hydrogen (secondary N) is 1. The summed E-state index contributed by atoms with van der Waals surface area (Å²) in [6.07, 6.45) is 1.92. The van der Waals surface area contributed by atoms with Crippen LogP contribution in [0.25, 0.3) is 16.7 Å². The molecule has 29 heavy (non-hydrogen) atoms. The second kappa shape index (κ2) is 6.74. The lowest BCUT2D eigenvalue weighted by atomic mass is 9.76. The Hall–Kier alpha value is -3.66. The predicted octanol–water partition coefficient (Wildman–Crippen LogP) is 4.06. The van der Waals surface area contributed by atoms with Crippen molar-refractivity contribution >= 4 is 17.4 Å². The normalized spacial score (nSPS) is 19.6. The molecule has 4 nitrogen and oxygen atoms in total. The molecule has 2 aliphatic rings. The third-order valence-corrected chi connectivity index (χ3v) is 5.75. The Morgan fingerprint density at radius 3 is 2.21 bits per heavy atom. The highest BCUT2D eigenvalue weighted by atomic mass is 16.2. The first-order valence-corrected chi connectivity index (χ1v) is 9.68. The maximum atomic E-state index is 13.1. The molecule has 0 saturated carbocycles. The van der Waals surface area contributed by atoms with Gasteiger partial charge in [0.2, 0.25) is 5.91 Å². The van der Waals surface area contributed by atoms with E-state index in [0.717, 1.165) is 27.8 Å². The molecule has 1 N–H and O–H groups in total. The Labute approximate surface area is 169 Å². The van der Waals surface area contributed by atoms with Gasteiger partial charge in [0, 0.05) is 12.6 Å². The highest BCUT2D eigenvalue weighted by Gasteiger charge is 2.40. The van der Waals surface area contributed by atoms with Crippen molar-refractivity contribution in [2.75, 3.05) is 7.05 Å². The van der Waals surface area contributed by atoms with Crippen LogP contribution in [0.2, 0.25) is 0 Å². The number of amides is 2. The Balaban J connectivity index is 1.60. The lowest BCUT2D eigenvalue weighted by molar-refractivity contribution is -0.132.